The number of nitrogens with zero attached hydrogens (tertiary/aromatic N) is 1. The van der Waals surface area contributed by atoms with Gasteiger partial charge in [0.15, 0.2) is 5.13 Å². The first kappa shape index (κ1) is 18.3. The molecule has 0 saturated carbocycles. The van der Waals surface area contributed by atoms with Gasteiger partial charge in [-0.05, 0) is 23.0 Å². The minimum absolute atomic E-state index is 0.00106. The summed E-state index contributed by atoms with van der Waals surface area (Å²) in [6, 6.07) is 18.5. The number of carbonyl (C=O) groups is 1. The SMILES string of the molecule is CC(C)(C)c1ccc(CCC(=O)Nc2nc(-c3ccccc3)cs2)cc1. The van der Waals surface area contributed by atoms with Crippen LogP contribution in [-0.4, -0.2) is 10.9 Å². The van der Waals surface area contributed by atoms with E-state index < -0.39 is 0 Å². The van der Waals surface area contributed by atoms with Crippen molar-refractivity contribution in [1.29, 1.82) is 0 Å². The van der Waals surface area contributed by atoms with Crippen LogP contribution in [0.25, 0.3) is 11.3 Å². The lowest BCUT2D eigenvalue weighted by Crippen LogP contribution is -2.13. The first-order valence-electron chi connectivity index (χ1n) is 8.82. The van der Waals surface area contributed by atoms with E-state index in [0.717, 1.165) is 17.7 Å². The summed E-state index contributed by atoms with van der Waals surface area (Å²) in [4.78, 5) is 16.7. The summed E-state index contributed by atoms with van der Waals surface area (Å²) in [6.07, 6.45) is 1.18. The maximum atomic E-state index is 12.2. The molecule has 1 heterocycles. The molecule has 0 aliphatic heterocycles. The van der Waals surface area contributed by atoms with Gasteiger partial charge in [-0.25, -0.2) is 4.98 Å². The zero-order chi connectivity index (χ0) is 18.6. The van der Waals surface area contributed by atoms with Crippen LogP contribution in [0, 0.1) is 0 Å². The van der Waals surface area contributed by atoms with E-state index in [1.54, 1.807) is 0 Å². The highest BCUT2D eigenvalue weighted by molar-refractivity contribution is 7.14. The Morgan fingerprint density at radius 3 is 2.38 bits per heavy atom. The van der Waals surface area contributed by atoms with Crippen molar-refractivity contribution in [1.82, 2.24) is 4.98 Å². The molecule has 3 nitrogen and oxygen atoms in total. The Labute approximate surface area is 159 Å². The van der Waals surface area contributed by atoms with Crippen LogP contribution in [0.5, 0.6) is 0 Å². The Bertz CT molecular complexity index is 861. The van der Waals surface area contributed by atoms with Crippen molar-refractivity contribution in [3.8, 4) is 11.3 Å². The number of carbonyl (C=O) groups excluding carboxylic acids is 1. The molecule has 1 N–H and O–H groups in total. The quantitative estimate of drug-likeness (QED) is 0.633. The standard InChI is InChI=1S/C22H24N2OS/c1-22(2,3)18-12-9-16(10-13-18)11-14-20(25)24-21-23-19(15-26-21)17-7-5-4-6-8-17/h4-10,12-13,15H,11,14H2,1-3H3,(H,23,24,25). The van der Waals surface area contributed by atoms with E-state index in [1.165, 1.54) is 22.5 Å². The third kappa shape index (κ3) is 4.79. The monoisotopic (exact) mass is 364 g/mol. The number of anilines is 1. The molecule has 1 aromatic heterocycles. The first-order chi connectivity index (χ1) is 12.4. The molecule has 2 aromatic carbocycles. The second-order valence-electron chi connectivity index (χ2n) is 7.40. The van der Waals surface area contributed by atoms with Crippen molar-refractivity contribution in [3.05, 3.63) is 71.1 Å². The van der Waals surface area contributed by atoms with Gasteiger partial charge in [-0.1, -0.05) is 75.4 Å². The highest BCUT2D eigenvalue weighted by Gasteiger charge is 2.13. The van der Waals surface area contributed by atoms with Crippen molar-refractivity contribution in [2.75, 3.05) is 5.32 Å². The van der Waals surface area contributed by atoms with Crippen LogP contribution in [-0.2, 0) is 16.6 Å². The van der Waals surface area contributed by atoms with Gasteiger partial charge in [-0.3, -0.25) is 4.79 Å². The molecule has 0 radical (unpaired) electrons. The largest absolute Gasteiger partial charge is 0.302 e. The predicted octanol–water partition coefficient (Wildman–Crippen LogP) is 5.68. The molecule has 0 saturated heterocycles. The van der Waals surface area contributed by atoms with Gasteiger partial charge in [0.1, 0.15) is 0 Å². The molecule has 0 spiro atoms. The Morgan fingerprint density at radius 1 is 1.04 bits per heavy atom. The fraction of sp³-hybridized carbons (Fsp3) is 0.273. The Hall–Kier alpha value is -2.46. The zero-order valence-corrected chi connectivity index (χ0v) is 16.3. The number of hydrogen-bond acceptors (Lipinski definition) is 3. The topological polar surface area (TPSA) is 42.0 Å². The summed E-state index contributed by atoms with van der Waals surface area (Å²) in [5, 5.41) is 5.52. The van der Waals surface area contributed by atoms with Gasteiger partial charge >= 0.3 is 0 Å². The molecule has 26 heavy (non-hydrogen) atoms. The number of amides is 1. The van der Waals surface area contributed by atoms with Crippen LogP contribution in [0.15, 0.2) is 60.0 Å². The molecule has 0 aliphatic rings. The van der Waals surface area contributed by atoms with Crippen LogP contribution < -0.4 is 5.32 Å². The van der Waals surface area contributed by atoms with E-state index in [1.807, 2.05) is 35.7 Å². The van der Waals surface area contributed by atoms with Gasteiger partial charge < -0.3 is 5.32 Å². The predicted molar refractivity (Wildman–Crippen MR) is 110 cm³/mol. The molecular weight excluding hydrogens is 340 g/mol. The second-order valence-corrected chi connectivity index (χ2v) is 8.26. The molecule has 134 valence electrons. The van der Waals surface area contributed by atoms with E-state index >= 15 is 0 Å². The number of hydrogen-bond donors (Lipinski definition) is 1. The van der Waals surface area contributed by atoms with Crippen molar-refractivity contribution >= 4 is 22.4 Å². The molecule has 0 unspecified atom stereocenters. The summed E-state index contributed by atoms with van der Waals surface area (Å²) in [5.74, 6) is -0.00106. The van der Waals surface area contributed by atoms with Gasteiger partial charge in [0, 0.05) is 17.4 Å². The van der Waals surface area contributed by atoms with E-state index in [0.29, 0.717) is 11.6 Å². The number of benzene rings is 2. The smallest absolute Gasteiger partial charge is 0.226 e. The number of aromatic nitrogens is 1. The van der Waals surface area contributed by atoms with Crippen molar-refractivity contribution in [2.45, 2.75) is 39.0 Å². The summed E-state index contributed by atoms with van der Waals surface area (Å²) in [7, 11) is 0. The second kappa shape index (κ2) is 7.83. The van der Waals surface area contributed by atoms with E-state index in [4.69, 9.17) is 0 Å². The van der Waals surface area contributed by atoms with Crippen molar-refractivity contribution in [2.24, 2.45) is 0 Å². The summed E-state index contributed by atoms with van der Waals surface area (Å²) in [5.41, 5.74) is 4.59. The average molecular weight is 365 g/mol. The van der Waals surface area contributed by atoms with Crippen molar-refractivity contribution < 1.29 is 4.79 Å². The van der Waals surface area contributed by atoms with Crippen LogP contribution in [0.3, 0.4) is 0 Å². The van der Waals surface area contributed by atoms with E-state index in [2.05, 4.69) is 55.3 Å². The summed E-state index contributed by atoms with van der Waals surface area (Å²) in [6.45, 7) is 6.60. The Kier molecular flexibility index (Phi) is 5.52. The number of thiazole rings is 1. The first-order valence-corrected chi connectivity index (χ1v) is 9.70. The maximum absolute atomic E-state index is 12.2. The van der Waals surface area contributed by atoms with Crippen LogP contribution in [0.2, 0.25) is 0 Å². The van der Waals surface area contributed by atoms with Crippen LogP contribution >= 0.6 is 11.3 Å². The number of rotatable bonds is 5. The molecule has 1 amide bonds. The van der Waals surface area contributed by atoms with Crippen molar-refractivity contribution in [3.63, 3.8) is 0 Å². The van der Waals surface area contributed by atoms with Gasteiger partial charge in [-0.15, -0.1) is 11.3 Å². The lowest BCUT2D eigenvalue weighted by atomic mass is 9.86. The van der Waals surface area contributed by atoms with Crippen LogP contribution in [0.4, 0.5) is 5.13 Å². The van der Waals surface area contributed by atoms with E-state index in [9.17, 15) is 4.79 Å². The minimum atomic E-state index is -0.00106. The summed E-state index contributed by atoms with van der Waals surface area (Å²) < 4.78 is 0. The molecule has 0 fully saturated rings. The highest BCUT2D eigenvalue weighted by Crippen LogP contribution is 2.25. The number of nitrogens with one attached hydrogen (secondary N) is 1. The lowest BCUT2D eigenvalue weighted by Gasteiger charge is -2.19. The van der Waals surface area contributed by atoms with Gasteiger partial charge in [0.05, 0.1) is 5.69 Å². The molecule has 4 heteroatoms. The zero-order valence-electron chi connectivity index (χ0n) is 15.5. The van der Waals surface area contributed by atoms with E-state index in [-0.39, 0.29) is 11.3 Å². The summed E-state index contributed by atoms with van der Waals surface area (Å²) >= 11 is 1.46. The lowest BCUT2D eigenvalue weighted by molar-refractivity contribution is -0.116. The fourth-order valence-electron chi connectivity index (χ4n) is 2.68. The molecule has 0 aliphatic carbocycles. The van der Waals surface area contributed by atoms with Gasteiger partial charge in [0.25, 0.3) is 0 Å². The third-order valence-corrected chi connectivity index (χ3v) is 5.04. The van der Waals surface area contributed by atoms with Gasteiger partial charge in [0.2, 0.25) is 5.91 Å². The molecule has 3 aromatic rings. The number of aryl methyl sites for hydroxylation is 1. The molecule has 0 bridgehead atoms. The maximum Gasteiger partial charge on any atom is 0.226 e. The third-order valence-electron chi connectivity index (χ3n) is 4.28. The molecular formula is C22H24N2OS. The Balaban J connectivity index is 1.54. The normalized spacial score (nSPS) is 11.3. The Morgan fingerprint density at radius 2 is 1.73 bits per heavy atom. The molecule has 3 rings (SSSR count). The fourth-order valence-corrected chi connectivity index (χ4v) is 3.42. The highest BCUT2D eigenvalue weighted by atomic mass is 32.1. The minimum Gasteiger partial charge on any atom is -0.302 e. The van der Waals surface area contributed by atoms with Gasteiger partial charge in [-0.2, -0.15) is 0 Å². The average Bonchev–Trinajstić information content (AvgIpc) is 3.09. The molecule has 0 atom stereocenters. The van der Waals surface area contributed by atoms with Crippen LogP contribution in [0.1, 0.15) is 38.3 Å².